The molecule has 1 atom stereocenters. The second kappa shape index (κ2) is 2.72. The van der Waals surface area contributed by atoms with Gasteiger partial charge < -0.3 is 5.32 Å². The van der Waals surface area contributed by atoms with Gasteiger partial charge in [-0.2, -0.15) is 0 Å². The first-order valence-electron chi connectivity index (χ1n) is 2.86. The minimum Gasteiger partial charge on any atom is -0.318 e. The largest absolute Gasteiger partial charge is 0.318 e. The Morgan fingerprint density at radius 1 is 1.57 bits per heavy atom. The van der Waals surface area contributed by atoms with Crippen molar-refractivity contribution in [3.05, 3.63) is 0 Å². The van der Waals surface area contributed by atoms with E-state index in [9.17, 15) is 0 Å². The first-order valence-corrected chi connectivity index (χ1v) is 3.52. The molecule has 0 aliphatic carbocycles. The third-order valence-corrected chi connectivity index (χ3v) is 1.90. The minimum absolute atomic E-state index is 0.841. The second-order valence-electron chi connectivity index (χ2n) is 2.11. The molecule has 0 aromatic heterocycles. The van der Waals surface area contributed by atoms with Gasteiger partial charge in [-0.05, 0) is 19.5 Å². The molecule has 1 saturated heterocycles. The van der Waals surface area contributed by atoms with Crippen LogP contribution < -0.4 is 5.32 Å². The predicted octanol–water partition coefficient (Wildman–Crippen LogP) is 0.327. The Hall–Kier alpha value is 0.492. The molecule has 7 heavy (non-hydrogen) atoms. The van der Waals surface area contributed by atoms with Crippen LogP contribution >= 0.6 is 0 Å². The number of hydrogen-bond donors (Lipinski definition) is 1. The first kappa shape index (κ1) is 5.63. The van der Waals surface area contributed by atoms with Crippen LogP contribution in [0.3, 0.4) is 0 Å². The molecule has 2 radical (unpaired) electrons. The summed E-state index contributed by atoms with van der Waals surface area (Å²) in [7, 11) is 0. The Morgan fingerprint density at radius 2 is 2.43 bits per heavy atom. The smallest absolute Gasteiger partial charge is 0.125 e. The van der Waals surface area contributed by atoms with Crippen molar-refractivity contribution < 1.29 is 0 Å². The lowest BCUT2D eigenvalue weighted by molar-refractivity contribution is 0.520. The van der Waals surface area contributed by atoms with Crippen LogP contribution in [-0.4, -0.2) is 29.4 Å². The van der Waals surface area contributed by atoms with Crippen molar-refractivity contribution in [2.45, 2.75) is 17.6 Å². The maximum absolute atomic E-state index is 3.31. The quantitative estimate of drug-likeness (QED) is 0.444. The van der Waals surface area contributed by atoms with Gasteiger partial charge in [0.1, 0.15) is 16.3 Å². The van der Waals surface area contributed by atoms with Gasteiger partial charge in [0.25, 0.3) is 0 Å². The molecule has 1 aliphatic rings. The summed E-state index contributed by atoms with van der Waals surface area (Å²) in [5, 5.41) is 3.31. The van der Waals surface area contributed by atoms with Crippen LogP contribution in [0.2, 0.25) is 4.78 Å². The minimum atomic E-state index is 0.841. The van der Waals surface area contributed by atoms with E-state index in [0.29, 0.717) is 0 Å². The van der Waals surface area contributed by atoms with Gasteiger partial charge in [0.05, 0.1) is 0 Å². The highest BCUT2D eigenvalue weighted by atomic mass is 27.0. The maximum Gasteiger partial charge on any atom is 0.125 e. The molecule has 1 aliphatic heterocycles. The van der Waals surface area contributed by atoms with Gasteiger partial charge in [-0.1, -0.05) is 11.2 Å². The molecule has 0 aromatic carbocycles. The Bertz CT molecular complexity index is 50.0. The third-order valence-electron chi connectivity index (χ3n) is 1.33. The number of nitrogens with one attached hydrogen (secondary N) is 1. The van der Waals surface area contributed by atoms with Gasteiger partial charge in [0.2, 0.25) is 0 Å². The Kier molecular flexibility index (Phi) is 2.18. The van der Waals surface area contributed by atoms with Crippen molar-refractivity contribution in [1.29, 1.82) is 0 Å². The van der Waals surface area contributed by atoms with Gasteiger partial charge in [-0.15, -0.1) is 0 Å². The van der Waals surface area contributed by atoms with E-state index in [4.69, 9.17) is 0 Å². The van der Waals surface area contributed by atoms with Crippen molar-refractivity contribution in [1.82, 2.24) is 5.32 Å². The summed E-state index contributed by atoms with van der Waals surface area (Å²) in [6.45, 7) is 2.43. The van der Waals surface area contributed by atoms with E-state index in [2.05, 4.69) is 21.6 Å². The molecule has 1 nitrogen and oxygen atoms in total. The molecule has 0 saturated carbocycles. The summed E-state index contributed by atoms with van der Waals surface area (Å²) in [4.78, 5) is 0. The summed E-state index contributed by atoms with van der Waals surface area (Å²) in [5.74, 6) is 0. The molecular weight excluding hydrogens is 101 g/mol. The molecule has 1 N–H and O–H groups in total. The van der Waals surface area contributed by atoms with E-state index in [1.807, 2.05) is 0 Å². The zero-order valence-electron chi connectivity index (χ0n) is 4.48. The SMILES string of the molecule is [Al][CH]1CCCNC1. The highest BCUT2D eigenvalue weighted by Crippen LogP contribution is 2.09. The van der Waals surface area contributed by atoms with Crippen molar-refractivity contribution in [2.24, 2.45) is 0 Å². The summed E-state index contributed by atoms with van der Waals surface area (Å²) in [5.41, 5.74) is 0. The van der Waals surface area contributed by atoms with Crippen LogP contribution in [0.15, 0.2) is 0 Å². The molecule has 1 unspecified atom stereocenters. The third kappa shape index (κ3) is 1.82. The molecule has 0 bridgehead atoms. The lowest BCUT2D eigenvalue weighted by Gasteiger charge is -2.18. The van der Waals surface area contributed by atoms with Crippen LogP contribution in [-0.2, 0) is 0 Å². The van der Waals surface area contributed by atoms with E-state index >= 15 is 0 Å². The summed E-state index contributed by atoms with van der Waals surface area (Å²) in [6, 6.07) is 0. The molecule has 1 fully saturated rings. The number of piperidine rings is 1. The fourth-order valence-corrected chi connectivity index (χ4v) is 1.28. The summed E-state index contributed by atoms with van der Waals surface area (Å²) in [6.07, 6.45) is 2.74. The Labute approximate surface area is 52.9 Å². The normalized spacial score (nSPS) is 32.9. The highest BCUT2D eigenvalue weighted by molar-refractivity contribution is 6.11. The second-order valence-corrected chi connectivity index (χ2v) is 3.05. The average molecular weight is 111 g/mol. The van der Waals surface area contributed by atoms with Gasteiger partial charge in [0, 0.05) is 0 Å². The van der Waals surface area contributed by atoms with Crippen molar-refractivity contribution in [3.8, 4) is 0 Å². The fourth-order valence-electron chi connectivity index (χ4n) is 0.879. The molecule has 0 amide bonds. The molecule has 0 spiro atoms. The van der Waals surface area contributed by atoms with Gasteiger partial charge in [-0.3, -0.25) is 0 Å². The van der Waals surface area contributed by atoms with Crippen LogP contribution in [0.4, 0.5) is 0 Å². The standard InChI is InChI=1S/C5H10N.Al/c1-2-4-6-5-3-1;/h2,6H,1,3-5H2;. The van der Waals surface area contributed by atoms with Crippen molar-refractivity contribution in [2.75, 3.05) is 13.1 Å². The summed E-state index contributed by atoms with van der Waals surface area (Å²) >= 11 is 2.84. The van der Waals surface area contributed by atoms with Crippen LogP contribution in [0.25, 0.3) is 0 Å². The van der Waals surface area contributed by atoms with E-state index in [1.54, 1.807) is 0 Å². The van der Waals surface area contributed by atoms with Gasteiger partial charge in [-0.25, -0.2) is 0 Å². The van der Waals surface area contributed by atoms with E-state index < -0.39 is 0 Å². The number of rotatable bonds is 0. The van der Waals surface area contributed by atoms with Crippen molar-refractivity contribution in [3.63, 3.8) is 0 Å². The number of hydrogen-bond acceptors (Lipinski definition) is 1. The summed E-state index contributed by atoms with van der Waals surface area (Å²) < 4.78 is 0.841. The van der Waals surface area contributed by atoms with Gasteiger partial charge >= 0.3 is 0 Å². The van der Waals surface area contributed by atoms with Crippen LogP contribution in [0.5, 0.6) is 0 Å². The van der Waals surface area contributed by atoms with E-state index in [0.717, 1.165) is 4.78 Å². The molecule has 2 heteroatoms. The Balaban J connectivity index is 2.12. The molecule has 1 rings (SSSR count). The molecular formula is C5H10AlN. The van der Waals surface area contributed by atoms with Crippen LogP contribution in [0, 0.1) is 0 Å². The molecule has 1 heterocycles. The maximum atomic E-state index is 3.31. The zero-order chi connectivity index (χ0) is 5.11. The predicted molar refractivity (Wildman–Crippen MR) is 31.6 cm³/mol. The van der Waals surface area contributed by atoms with Crippen LogP contribution in [0.1, 0.15) is 12.8 Å². The van der Waals surface area contributed by atoms with Gasteiger partial charge in [0.15, 0.2) is 0 Å². The lowest BCUT2D eigenvalue weighted by atomic mass is 10.2. The average Bonchev–Trinajstić information content (AvgIpc) is 1.69. The molecule has 0 aromatic rings. The van der Waals surface area contributed by atoms with Crippen molar-refractivity contribution >= 4 is 16.3 Å². The highest BCUT2D eigenvalue weighted by Gasteiger charge is 2.03. The lowest BCUT2D eigenvalue weighted by Crippen LogP contribution is -2.26. The van der Waals surface area contributed by atoms with E-state index in [-0.39, 0.29) is 0 Å². The topological polar surface area (TPSA) is 12.0 Å². The molecule has 38 valence electrons. The Morgan fingerprint density at radius 3 is 2.71 bits per heavy atom. The first-order chi connectivity index (χ1) is 3.39. The zero-order valence-corrected chi connectivity index (χ0v) is 5.64. The fraction of sp³-hybridized carbons (Fsp3) is 1.00. The monoisotopic (exact) mass is 111 g/mol. The van der Waals surface area contributed by atoms with E-state index in [1.165, 1.54) is 25.9 Å².